The van der Waals surface area contributed by atoms with Crippen molar-refractivity contribution >= 4 is 22.6 Å². The summed E-state index contributed by atoms with van der Waals surface area (Å²) in [5.74, 6) is 0.767. The Balaban J connectivity index is 1.65. The Labute approximate surface area is 155 Å². The van der Waals surface area contributed by atoms with Crippen molar-refractivity contribution in [3.05, 3.63) is 105 Å². The van der Waals surface area contributed by atoms with E-state index in [0.717, 1.165) is 11.1 Å². The minimum atomic E-state index is -0.190. The van der Waals surface area contributed by atoms with Crippen LogP contribution in [0.25, 0.3) is 11.0 Å². The molecule has 1 aromatic heterocycles. The standard InChI is InChI=1S/C22H15ClO3/c23-17-6-4-5-15(12-17)11-16-9-10-19-20(13-16)25-14-21(22(19)24)26-18-7-2-1-3-8-18/h1-10,12-14H,11H2. The normalized spacial score (nSPS) is 10.8. The van der Waals surface area contributed by atoms with E-state index < -0.39 is 0 Å². The first-order valence-electron chi connectivity index (χ1n) is 8.21. The van der Waals surface area contributed by atoms with Gasteiger partial charge in [0.25, 0.3) is 0 Å². The Morgan fingerprint density at radius 1 is 0.885 bits per heavy atom. The molecule has 0 amide bonds. The fourth-order valence-corrected chi connectivity index (χ4v) is 3.05. The zero-order valence-electron chi connectivity index (χ0n) is 13.8. The van der Waals surface area contributed by atoms with E-state index in [1.165, 1.54) is 6.26 Å². The summed E-state index contributed by atoms with van der Waals surface area (Å²) in [5, 5.41) is 1.20. The number of rotatable bonds is 4. The first kappa shape index (κ1) is 16.4. The van der Waals surface area contributed by atoms with Crippen molar-refractivity contribution in [1.82, 2.24) is 0 Å². The van der Waals surface area contributed by atoms with Crippen molar-refractivity contribution in [2.75, 3.05) is 0 Å². The van der Waals surface area contributed by atoms with Gasteiger partial charge in [-0.2, -0.15) is 0 Å². The molecule has 0 aliphatic rings. The average Bonchev–Trinajstić information content (AvgIpc) is 2.65. The van der Waals surface area contributed by atoms with Crippen LogP contribution in [0.1, 0.15) is 11.1 Å². The number of benzene rings is 3. The molecule has 0 aliphatic carbocycles. The highest BCUT2D eigenvalue weighted by Gasteiger charge is 2.10. The summed E-state index contributed by atoms with van der Waals surface area (Å²) in [6.07, 6.45) is 2.07. The fraction of sp³-hybridized carbons (Fsp3) is 0.0455. The van der Waals surface area contributed by atoms with Gasteiger partial charge in [0, 0.05) is 5.02 Å². The number of hydrogen-bond acceptors (Lipinski definition) is 3. The van der Waals surface area contributed by atoms with E-state index in [4.69, 9.17) is 20.8 Å². The number of halogens is 1. The van der Waals surface area contributed by atoms with E-state index in [2.05, 4.69) is 0 Å². The minimum absolute atomic E-state index is 0.172. The van der Waals surface area contributed by atoms with E-state index in [1.807, 2.05) is 54.6 Å². The second-order valence-corrected chi connectivity index (χ2v) is 6.42. The highest BCUT2D eigenvalue weighted by Crippen LogP contribution is 2.23. The lowest BCUT2D eigenvalue weighted by Crippen LogP contribution is -2.05. The molecule has 0 unspecified atom stereocenters. The molecule has 0 radical (unpaired) electrons. The van der Waals surface area contributed by atoms with Crippen LogP contribution in [-0.2, 0) is 6.42 Å². The van der Waals surface area contributed by atoms with Crippen LogP contribution < -0.4 is 10.2 Å². The van der Waals surface area contributed by atoms with Crippen molar-refractivity contribution in [1.29, 1.82) is 0 Å². The Kier molecular flexibility index (Phi) is 4.46. The van der Waals surface area contributed by atoms with Crippen LogP contribution in [0.4, 0.5) is 0 Å². The molecule has 0 spiro atoms. The molecule has 0 atom stereocenters. The molecule has 4 heteroatoms. The van der Waals surface area contributed by atoms with Crippen LogP contribution in [0.3, 0.4) is 0 Å². The van der Waals surface area contributed by atoms with Crippen molar-refractivity contribution in [3.8, 4) is 11.5 Å². The van der Waals surface area contributed by atoms with Gasteiger partial charge in [0.15, 0.2) is 0 Å². The zero-order chi connectivity index (χ0) is 17.9. The van der Waals surface area contributed by atoms with Gasteiger partial charge < -0.3 is 9.15 Å². The predicted octanol–water partition coefficient (Wildman–Crippen LogP) is 5.83. The first-order valence-corrected chi connectivity index (χ1v) is 8.59. The van der Waals surface area contributed by atoms with Gasteiger partial charge in [-0.25, -0.2) is 0 Å². The third-order valence-electron chi connectivity index (χ3n) is 4.08. The Morgan fingerprint density at radius 3 is 2.50 bits per heavy atom. The molecular formula is C22H15ClO3. The zero-order valence-corrected chi connectivity index (χ0v) is 14.6. The molecule has 1 heterocycles. The van der Waals surface area contributed by atoms with E-state index in [9.17, 15) is 4.79 Å². The van der Waals surface area contributed by atoms with E-state index >= 15 is 0 Å². The van der Waals surface area contributed by atoms with Crippen molar-refractivity contribution in [2.45, 2.75) is 6.42 Å². The molecule has 128 valence electrons. The number of para-hydroxylation sites is 1. The van der Waals surface area contributed by atoms with Crippen LogP contribution in [0.5, 0.6) is 11.5 Å². The summed E-state index contributed by atoms with van der Waals surface area (Å²) < 4.78 is 11.3. The van der Waals surface area contributed by atoms with E-state index in [0.29, 0.717) is 28.2 Å². The van der Waals surface area contributed by atoms with Crippen molar-refractivity contribution < 1.29 is 9.15 Å². The van der Waals surface area contributed by atoms with Crippen LogP contribution in [0, 0.1) is 0 Å². The molecule has 3 nitrogen and oxygen atoms in total. The molecule has 4 aromatic rings. The summed E-state index contributed by atoms with van der Waals surface area (Å²) >= 11 is 6.04. The van der Waals surface area contributed by atoms with Gasteiger partial charge >= 0.3 is 0 Å². The maximum Gasteiger partial charge on any atom is 0.235 e. The third kappa shape index (κ3) is 3.48. The van der Waals surface area contributed by atoms with E-state index in [-0.39, 0.29) is 11.2 Å². The predicted molar refractivity (Wildman–Crippen MR) is 103 cm³/mol. The lowest BCUT2D eigenvalue weighted by atomic mass is 10.0. The molecule has 0 N–H and O–H groups in total. The maximum atomic E-state index is 12.6. The topological polar surface area (TPSA) is 39.4 Å². The molecule has 4 rings (SSSR count). The number of hydrogen-bond donors (Lipinski definition) is 0. The van der Waals surface area contributed by atoms with Gasteiger partial charge in [0.05, 0.1) is 5.39 Å². The number of fused-ring (bicyclic) bond motifs is 1. The lowest BCUT2D eigenvalue weighted by molar-refractivity contribution is 0.451. The molecule has 3 aromatic carbocycles. The second-order valence-electron chi connectivity index (χ2n) is 5.98. The van der Waals surface area contributed by atoms with Crippen molar-refractivity contribution in [3.63, 3.8) is 0 Å². The fourth-order valence-electron chi connectivity index (χ4n) is 2.83. The molecule has 26 heavy (non-hydrogen) atoms. The van der Waals surface area contributed by atoms with Gasteiger partial charge in [-0.15, -0.1) is 0 Å². The van der Waals surface area contributed by atoms with Gasteiger partial charge in [0.2, 0.25) is 11.2 Å². The molecule has 0 saturated carbocycles. The van der Waals surface area contributed by atoms with Gasteiger partial charge in [-0.1, -0.05) is 48.0 Å². The monoisotopic (exact) mass is 362 g/mol. The largest absolute Gasteiger partial charge is 0.460 e. The third-order valence-corrected chi connectivity index (χ3v) is 4.31. The Hall–Kier alpha value is -3.04. The van der Waals surface area contributed by atoms with Crippen LogP contribution in [0.15, 0.2) is 88.3 Å². The number of ether oxygens (including phenoxy) is 1. The maximum absolute atomic E-state index is 12.6. The summed E-state index contributed by atoms with van der Waals surface area (Å²) in [6, 6.07) is 22.5. The van der Waals surface area contributed by atoms with Gasteiger partial charge in [-0.3, -0.25) is 4.79 Å². The second kappa shape index (κ2) is 7.06. The SMILES string of the molecule is O=c1c(Oc2ccccc2)coc2cc(Cc3cccc(Cl)c3)ccc12. The Morgan fingerprint density at radius 2 is 1.69 bits per heavy atom. The van der Waals surface area contributed by atoms with Crippen molar-refractivity contribution in [2.24, 2.45) is 0 Å². The minimum Gasteiger partial charge on any atom is -0.460 e. The van der Waals surface area contributed by atoms with Crippen LogP contribution in [-0.4, -0.2) is 0 Å². The molecule has 0 bridgehead atoms. The molecule has 0 aliphatic heterocycles. The molecule has 0 fully saturated rings. The van der Waals surface area contributed by atoms with Crippen LogP contribution >= 0.6 is 11.6 Å². The smallest absolute Gasteiger partial charge is 0.235 e. The summed E-state index contributed by atoms with van der Waals surface area (Å²) in [6.45, 7) is 0. The van der Waals surface area contributed by atoms with Gasteiger partial charge in [0.1, 0.15) is 17.6 Å². The van der Waals surface area contributed by atoms with E-state index in [1.54, 1.807) is 18.2 Å². The summed E-state index contributed by atoms with van der Waals surface area (Å²) in [7, 11) is 0. The quantitative estimate of drug-likeness (QED) is 0.458. The summed E-state index contributed by atoms with van der Waals surface area (Å²) in [4.78, 5) is 12.6. The van der Waals surface area contributed by atoms with Gasteiger partial charge in [-0.05, 0) is 53.9 Å². The highest BCUT2D eigenvalue weighted by molar-refractivity contribution is 6.30. The Bertz CT molecular complexity index is 1120. The molecular weight excluding hydrogens is 348 g/mol. The highest BCUT2D eigenvalue weighted by atomic mass is 35.5. The molecule has 0 saturated heterocycles. The summed E-state index contributed by atoms with van der Waals surface area (Å²) in [5.41, 5.74) is 2.49. The first-order chi connectivity index (χ1) is 12.7. The average molecular weight is 363 g/mol. The lowest BCUT2D eigenvalue weighted by Gasteiger charge is -2.07. The van der Waals surface area contributed by atoms with Crippen LogP contribution in [0.2, 0.25) is 5.02 Å².